The number of aromatic nitrogens is 2. The van der Waals surface area contributed by atoms with Gasteiger partial charge in [0.1, 0.15) is 5.01 Å². The summed E-state index contributed by atoms with van der Waals surface area (Å²) in [6.07, 6.45) is 4.00. The van der Waals surface area contributed by atoms with Gasteiger partial charge in [-0.3, -0.25) is 0 Å². The van der Waals surface area contributed by atoms with Crippen molar-refractivity contribution in [2.24, 2.45) is 0 Å². The van der Waals surface area contributed by atoms with Crippen molar-refractivity contribution in [3.8, 4) is 10.6 Å². The minimum Gasteiger partial charge on any atom is -0.374 e. The molecule has 0 unspecified atom stereocenters. The Kier molecular flexibility index (Phi) is 2.36. The van der Waals surface area contributed by atoms with Gasteiger partial charge < -0.3 is 5.73 Å². The van der Waals surface area contributed by atoms with Gasteiger partial charge in [0, 0.05) is 5.56 Å². The Morgan fingerprint density at radius 2 is 2.12 bits per heavy atom. The monoisotopic (exact) mass is 231 g/mol. The minimum atomic E-state index is 0.532. The number of nitrogen functional groups attached to an aromatic ring is 1. The van der Waals surface area contributed by atoms with Crippen LogP contribution in [0.15, 0.2) is 24.3 Å². The predicted octanol–water partition coefficient (Wildman–Crippen LogP) is 3.05. The molecule has 0 radical (unpaired) electrons. The summed E-state index contributed by atoms with van der Waals surface area (Å²) in [7, 11) is 0. The Morgan fingerprint density at radius 3 is 2.75 bits per heavy atom. The zero-order valence-corrected chi connectivity index (χ0v) is 9.70. The Morgan fingerprint density at radius 1 is 1.25 bits per heavy atom. The van der Waals surface area contributed by atoms with Gasteiger partial charge in [0.05, 0.1) is 0 Å². The van der Waals surface area contributed by atoms with E-state index in [0.717, 1.165) is 16.5 Å². The third-order valence-electron chi connectivity index (χ3n) is 3.15. The first-order chi connectivity index (χ1) is 7.83. The molecule has 2 aromatic rings. The topological polar surface area (TPSA) is 51.8 Å². The zero-order chi connectivity index (χ0) is 11.0. The fraction of sp³-hybridized carbons (Fsp3) is 0.333. The molecule has 2 N–H and O–H groups in total. The van der Waals surface area contributed by atoms with Crippen LogP contribution in [-0.2, 0) is 0 Å². The lowest BCUT2D eigenvalue weighted by atomic mass is 9.80. The molecule has 1 aromatic carbocycles. The lowest BCUT2D eigenvalue weighted by Crippen LogP contribution is -2.08. The quantitative estimate of drug-likeness (QED) is 0.864. The van der Waals surface area contributed by atoms with Crippen LogP contribution in [0.1, 0.15) is 30.7 Å². The van der Waals surface area contributed by atoms with Gasteiger partial charge in [0.25, 0.3) is 0 Å². The number of anilines is 1. The average Bonchev–Trinajstić information content (AvgIpc) is 2.63. The van der Waals surface area contributed by atoms with Crippen LogP contribution in [0.4, 0.5) is 5.13 Å². The fourth-order valence-corrected chi connectivity index (χ4v) is 2.62. The molecule has 0 atom stereocenters. The van der Waals surface area contributed by atoms with E-state index >= 15 is 0 Å². The molecule has 0 saturated heterocycles. The molecule has 0 bridgehead atoms. The SMILES string of the molecule is Nc1nnc(-c2cccc(C3CCC3)c2)s1. The summed E-state index contributed by atoms with van der Waals surface area (Å²) in [6.45, 7) is 0. The smallest absolute Gasteiger partial charge is 0.203 e. The Labute approximate surface area is 98.3 Å². The third kappa shape index (κ3) is 1.69. The van der Waals surface area contributed by atoms with Crippen molar-refractivity contribution in [1.82, 2.24) is 10.2 Å². The molecule has 0 amide bonds. The summed E-state index contributed by atoms with van der Waals surface area (Å²) < 4.78 is 0. The lowest BCUT2D eigenvalue weighted by Gasteiger charge is -2.25. The number of hydrogen-bond donors (Lipinski definition) is 1. The molecule has 1 aliphatic rings. The molecular formula is C12H13N3S. The van der Waals surface area contributed by atoms with Crippen LogP contribution in [0.25, 0.3) is 10.6 Å². The molecule has 1 fully saturated rings. The van der Waals surface area contributed by atoms with E-state index in [1.54, 1.807) is 0 Å². The van der Waals surface area contributed by atoms with E-state index in [4.69, 9.17) is 5.73 Å². The van der Waals surface area contributed by atoms with Crippen LogP contribution >= 0.6 is 11.3 Å². The average molecular weight is 231 g/mol. The van der Waals surface area contributed by atoms with Gasteiger partial charge in [-0.05, 0) is 30.4 Å². The minimum absolute atomic E-state index is 0.532. The summed E-state index contributed by atoms with van der Waals surface area (Å²) in [4.78, 5) is 0. The van der Waals surface area contributed by atoms with Gasteiger partial charge >= 0.3 is 0 Å². The predicted molar refractivity (Wildman–Crippen MR) is 66.3 cm³/mol. The molecule has 0 aliphatic heterocycles. The van der Waals surface area contributed by atoms with Gasteiger partial charge in [0.15, 0.2) is 0 Å². The second-order valence-electron chi connectivity index (χ2n) is 4.20. The number of rotatable bonds is 2. The van der Waals surface area contributed by atoms with Crippen molar-refractivity contribution in [2.45, 2.75) is 25.2 Å². The van der Waals surface area contributed by atoms with Gasteiger partial charge in [-0.1, -0.05) is 36.0 Å². The lowest BCUT2D eigenvalue weighted by molar-refractivity contribution is 0.420. The molecule has 1 heterocycles. The molecule has 16 heavy (non-hydrogen) atoms. The van der Waals surface area contributed by atoms with E-state index < -0.39 is 0 Å². The summed E-state index contributed by atoms with van der Waals surface area (Å²) in [5.74, 6) is 0.755. The van der Waals surface area contributed by atoms with Crippen molar-refractivity contribution < 1.29 is 0 Å². The van der Waals surface area contributed by atoms with E-state index in [0.29, 0.717) is 5.13 Å². The van der Waals surface area contributed by atoms with E-state index in [-0.39, 0.29) is 0 Å². The van der Waals surface area contributed by atoms with Crippen LogP contribution in [-0.4, -0.2) is 10.2 Å². The van der Waals surface area contributed by atoms with E-state index in [1.807, 2.05) is 0 Å². The number of nitrogens with zero attached hydrogens (tertiary/aromatic N) is 2. The maximum atomic E-state index is 5.60. The highest BCUT2D eigenvalue weighted by Crippen LogP contribution is 2.37. The third-order valence-corrected chi connectivity index (χ3v) is 3.95. The Balaban J connectivity index is 1.95. The molecule has 82 valence electrons. The van der Waals surface area contributed by atoms with Crippen molar-refractivity contribution in [1.29, 1.82) is 0 Å². The van der Waals surface area contributed by atoms with E-state index in [9.17, 15) is 0 Å². The van der Waals surface area contributed by atoms with Crippen molar-refractivity contribution >= 4 is 16.5 Å². The Bertz CT molecular complexity index is 502. The van der Waals surface area contributed by atoms with Gasteiger partial charge in [-0.2, -0.15) is 0 Å². The van der Waals surface area contributed by atoms with Crippen LogP contribution in [0, 0.1) is 0 Å². The van der Waals surface area contributed by atoms with Gasteiger partial charge in [0.2, 0.25) is 5.13 Å². The molecule has 1 aliphatic carbocycles. The second-order valence-corrected chi connectivity index (χ2v) is 5.21. The molecular weight excluding hydrogens is 218 g/mol. The number of benzene rings is 1. The molecule has 3 nitrogen and oxygen atoms in total. The van der Waals surface area contributed by atoms with E-state index in [2.05, 4.69) is 34.5 Å². The van der Waals surface area contributed by atoms with Crippen molar-refractivity contribution in [3.05, 3.63) is 29.8 Å². The highest BCUT2D eigenvalue weighted by atomic mass is 32.1. The standard InChI is InChI=1S/C12H13N3S/c13-12-15-14-11(16-12)10-6-2-5-9(7-10)8-3-1-4-8/h2,5-8H,1,3-4H2,(H2,13,15). The van der Waals surface area contributed by atoms with E-state index in [1.165, 1.54) is 36.2 Å². The Hall–Kier alpha value is -1.42. The normalized spacial score (nSPS) is 16.0. The van der Waals surface area contributed by atoms with Crippen LogP contribution in [0.3, 0.4) is 0 Å². The summed E-state index contributed by atoms with van der Waals surface area (Å²) in [6, 6.07) is 8.60. The first kappa shape index (κ1) is 9.78. The second kappa shape index (κ2) is 3.87. The maximum Gasteiger partial charge on any atom is 0.203 e. The maximum absolute atomic E-state index is 5.60. The molecule has 3 rings (SSSR count). The number of nitrogens with two attached hydrogens (primary N) is 1. The zero-order valence-electron chi connectivity index (χ0n) is 8.89. The van der Waals surface area contributed by atoms with Crippen LogP contribution < -0.4 is 5.73 Å². The van der Waals surface area contributed by atoms with Crippen molar-refractivity contribution in [3.63, 3.8) is 0 Å². The van der Waals surface area contributed by atoms with Gasteiger partial charge in [-0.25, -0.2) is 0 Å². The molecule has 0 spiro atoms. The summed E-state index contributed by atoms with van der Waals surface area (Å²) in [5.41, 5.74) is 8.16. The van der Waals surface area contributed by atoms with Gasteiger partial charge in [-0.15, -0.1) is 10.2 Å². The highest BCUT2D eigenvalue weighted by molar-refractivity contribution is 7.18. The molecule has 1 saturated carbocycles. The van der Waals surface area contributed by atoms with Crippen molar-refractivity contribution in [2.75, 3.05) is 5.73 Å². The summed E-state index contributed by atoms with van der Waals surface area (Å²) >= 11 is 1.44. The first-order valence-corrected chi connectivity index (χ1v) is 6.34. The van der Waals surface area contributed by atoms with Crippen LogP contribution in [0.5, 0.6) is 0 Å². The highest BCUT2D eigenvalue weighted by Gasteiger charge is 2.19. The molecule has 1 aromatic heterocycles. The summed E-state index contributed by atoms with van der Waals surface area (Å²) in [5, 5.41) is 9.37. The number of hydrogen-bond acceptors (Lipinski definition) is 4. The molecule has 4 heteroatoms. The largest absolute Gasteiger partial charge is 0.374 e. The fourth-order valence-electron chi connectivity index (χ4n) is 2.02. The first-order valence-electron chi connectivity index (χ1n) is 5.52. The van der Waals surface area contributed by atoms with Crippen LogP contribution in [0.2, 0.25) is 0 Å².